The fraction of sp³-hybridized carbons (Fsp3) is 0. The minimum Gasteiger partial charge on any atom is -0.505 e. The molecule has 0 aliphatic rings. The summed E-state index contributed by atoms with van der Waals surface area (Å²) < 4.78 is 106. The highest BCUT2D eigenvalue weighted by atomic mass is 35.5. The second kappa shape index (κ2) is 16.7. The molecule has 0 radical (unpaired) electrons. The van der Waals surface area contributed by atoms with Gasteiger partial charge in [0.05, 0.1) is 27.5 Å². The third-order valence-electron chi connectivity index (χ3n) is 5.43. The van der Waals surface area contributed by atoms with Gasteiger partial charge in [-0.3, -0.25) is 18.5 Å². The number of aromatic hydroxyl groups is 1. The standard InChI is InChI=1S/C22H13ClN6O17S6/c23-19-25-20(27-21(26-19)48-22(31)32)24-13-8-11(50(34,35)36)5-9-6-14(49-45-44-33)17(18(30)16(9)13)29-28-12-2-1-10(7-15(12)51(37,38)39)47-4-3-43-46-52(40,41)42/h1-2,5-8,30,33H,(H,31,32)(H,34,35,36)(H,37,38,39)(H,40,41,42)(H,24,25,26,27). The second-order valence-electron chi connectivity index (χ2n) is 8.74. The fourth-order valence-electron chi connectivity index (χ4n) is 3.66. The molecule has 0 atom stereocenters. The highest BCUT2D eigenvalue weighted by Gasteiger charge is 2.23. The first-order chi connectivity index (χ1) is 24.2. The molecule has 23 nitrogen and oxygen atoms in total. The number of halogens is 1. The Kier molecular flexibility index (Phi) is 13.0. The zero-order valence-corrected chi connectivity index (χ0v) is 29.9. The van der Waals surface area contributed by atoms with Crippen LogP contribution in [0.15, 0.2) is 71.4 Å². The summed E-state index contributed by atoms with van der Waals surface area (Å²) in [6, 6.07) is 5.89. The van der Waals surface area contributed by atoms with Gasteiger partial charge in [0.25, 0.3) is 20.2 Å². The number of fused-ring (bicyclic) bond motifs is 1. The average Bonchev–Trinajstić information content (AvgIpc) is 3.01. The first-order valence-corrected chi connectivity index (χ1v) is 19.3. The maximum Gasteiger partial charge on any atom is 0.433 e. The van der Waals surface area contributed by atoms with E-state index in [1.54, 1.807) is 6.11 Å². The van der Waals surface area contributed by atoms with Gasteiger partial charge in [-0.15, -0.1) is 14.6 Å². The molecule has 4 rings (SSSR count). The van der Waals surface area contributed by atoms with E-state index >= 15 is 0 Å². The Labute approximate surface area is 307 Å². The highest BCUT2D eigenvalue weighted by Crippen LogP contribution is 2.48. The summed E-state index contributed by atoms with van der Waals surface area (Å²) in [5.41, 5.74) is -1.46. The zero-order valence-electron chi connectivity index (χ0n) is 24.2. The van der Waals surface area contributed by atoms with E-state index < -0.39 is 79.2 Å². The number of phenols is 1. The summed E-state index contributed by atoms with van der Waals surface area (Å²) in [7, 11) is -15.0. The number of hydrogen-bond acceptors (Lipinski definition) is 22. The van der Waals surface area contributed by atoms with Crippen LogP contribution in [0.1, 0.15) is 0 Å². The summed E-state index contributed by atoms with van der Waals surface area (Å²) >= 11 is 6.74. The van der Waals surface area contributed by atoms with E-state index in [1.165, 1.54) is 6.07 Å². The summed E-state index contributed by atoms with van der Waals surface area (Å²) in [5.74, 6) is -1.31. The van der Waals surface area contributed by atoms with Crippen LogP contribution in [0.4, 0.5) is 27.8 Å². The Balaban J connectivity index is 1.87. The van der Waals surface area contributed by atoms with Crippen LogP contribution < -0.4 is 5.32 Å². The molecule has 276 valence electrons. The van der Waals surface area contributed by atoms with E-state index in [0.29, 0.717) is 11.8 Å². The first-order valence-electron chi connectivity index (χ1n) is 12.3. The number of aromatic nitrogens is 3. The molecule has 1 heterocycles. The number of nitrogens with zero attached hydrogens (tertiary/aromatic N) is 5. The minimum absolute atomic E-state index is 0.0153. The summed E-state index contributed by atoms with van der Waals surface area (Å²) in [6.07, 6.45) is 1.73. The lowest BCUT2D eigenvalue weighted by molar-refractivity contribution is -0.432. The van der Waals surface area contributed by atoms with Crippen molar-refractivity contribution in [1.29, 1.82) is 0 Å². The number of hydrogen-bond donors (Lipinski definition) is 7. The van der Waals surface area contributed by atoms with Crippen molar-refractivity contribution in [2.24, 2.45) is 10.2 Å². The molecule has 0 saturated carbocycles. The number of carbonyl (C=O) groups is 1. The summed E-state index contributed by atoms with van der Waals surface area (Å²) in [4.78, 5) is 24.5. The molecule has 52 heavy (non-hydrogen) atoms. The predicted molar refractivity (Wildman–Crippen MR) is 176 cm³/mol. The van der Waals surface area contributed by atoms with E-state index in [9.17, 15) is 44.3 Å². The number of benzene rings is 3. The number of phenolic OH excluding ortho intramolecular Hbond substituents is 1. The van der Waals surface area contributed by atoms with Gasteiger partial charge < -0.3 is 15.5 Å². The van der Waals surface area contributed by atoms with Gasteiger partial charge in [0.2, 0.25) is 16.4 Å². The Morgan fingerprint density at radius 2 is 1.69 bits per heavy atom. The van der Waals surface area contributed by atoms with Gasteiger partial charge in [-0.1, -0.05) is 5.04 Å². The molecule has 0 unspecified atom stereocenters. The van der Waals surface area contributed by atoms with Crippen molar-refractivity contribution in [3.05, 3.63) is 41.7 Å². The van der Waals surface area contributed by atoms with Gasteiger partial charge in [-0.05, 0) is 69.5 Å². The molecule has 30 heteroatoms. The number of azo groups is 1. The van der Waals surface area contributed by atoms with Crippen LogP contribution in [0.25, 0.3) is 10.8 Å². The molecule has 0 aliphatic carbocycles. The maximum absolute atomic E-state index is 12.2. The molecule has 0 saturated heterocycles. The molecule has 3 aromatic carbocycles. The Hall–Kier alpha value is -4.13. The van der Waals surface area contributed by atoms with Crippen molar-refractivity contribution in [1.82, 2.24) is 15.0 Å². The van der Waals surface area contributed by atoms with Gasteiger partial charge >= 0.3 is 15.7 Å². The third-order valence-corrected chi connectivity index (χ3v) is 9.39. The lowest BCUT2D eigenvalue weighted by Gasteiger charge is -2.15. The van der Waals surface area contributed by atoms with Gasteiger partial charge in [-0.2, -0.15) is 40.2 Å². The van der Waals surface area contributed by atoms with Crippen LogP contribution in [-0.4, -0.2) is 74.6 Å². The molecule has 0 amide bonds. The third kappa shape index (κ3) is 11.2. The van der Waals surface area contributed by atoms with Crippen molar-refractivity contribution in [3.8, 4) is 17.1 Å². The second-order valence-corrected chi connectivity index (χ2v) is 15.4. The molecule has 0 bridgehead atoms. The zero-order chi connectivity index (χ0) is 38.4. The van der Waals surface area contributed by atoms with E-state index in [1.807, 2.05) is 0 Å². The Bertz CT molecular complexity index is 2500. The van der Waals surface area contributed by atoms with Gasteiger partial charge in [0, 0.05) is 27.3 Å². The summed E-state index contributed by atoms with van der Waals surface area (Å²) in [5, 5.41) is 42.4. The molecular formula is C22H13ClN6O17S6. The smallest absolute Gasteiger partial charge is 0.433 e. The number of thioether (sulfide) groups is 2. The predicted octanol–water partition coefficient (Wildman–Crippen LogP) is 5.00. The van der Waals surface area contributed by atoms with Gasteiger partial charge in [-0.25, -0.2) is 10.1 Å². The Morgan fingerprint density at radius 1 is 0.962 bits per heavy atom. The molecule has 7 N–H and O–H groups in total. The fourth-order valence-corrected chi connectivity index (χ4v) is 6.68. The molecule has 1 aromatic heterocycles. The molecule has 0 aliphatic heterocycles. The number of carboxylic acid groups (broad SMARTS) is 1. The van der Waals surface area contributed by atoms with Gasteiger partial charge in [0.1, 0.15) is 16.3 Å². The van der Waals surface area contributed by atoms with Crippen LogP contribution in [0.2, 0.25) is 5.28 Å². The molecule has 0 fully saturated rings. The lowest BCUT2D eigenvalue weighted by Crippen LogP contribution is -2.04. The van der Waals surface area contributed by atoms with Gasteiger partial charge in [0.15, 0.2) is 11.9 Å². The van der Waals surface area contributed by atoms with E-state index in [4.69, 9.17) is 26.5 Å². The first kappa shape index (κ1) is 40.6. The molecule has 4 aromatic rings. The van der Waals surface area contributed by atoms with Crippen molar-refractivity contribution >= 4 is 117 Å². The summed E-state index contributed by atoms with van der Waals surface area (Å²) in [6.45, 7) is 0. The molecular weight excluding hydrogens is 848 g/mol. The number of rotatable bonds is 13. The van der Waals surface area contributed by atoms with E-state index in [2.05, 4.69) is 54.3 Å². The highest BCUT2D eigenvalue weighted by molar-refractivity contribution is 8.13. The van der Waals surface area contributed by atoms with Crippen molar-refractivity contribution in [3.63, 3.8) is 0 Å². The lowest BCUT2D eigenvalue weighted by atomic mass is 10.1. The quantitative estimate of drug-likeness (QED) is 0.0177. The SMILES string of the molecule is O=C(O)Sc1nc(Cl)nc(Nc2cc(S(=O)(=O)O)cc3cc(SOOO)c(N=Nc4ccc(SC#COOS(=O)(=O)O)cc4S(=O)(=O)O)c(O)c23)n1. The van der Waals surface area contributed by atoms with E-state index in [0.717, 1.165) is 30.3 Å². The van der Waals surface area contributed by atoms with Crippen molar-refractivity contribution < 1.29 is 77.8 Å². The molecule has 0 spiro atoms. The topological polar surface area (TPSA) is 353 Å². The van der Waals surface area contributed by atoms with Crippen LogP contribution >= 0.6 is 47.2 Å². The number of nitrogens with one attached hydrogen (secondary N) is 1. The van der Waals surface area contributed by atoms with Crippen molar-refractivity contribution in [2.75, 3.05) is 5.32 Å². The normalized spacial score (nSPS) is 12.1. The van der Waals surface area contributed by atoms with Crippen LogP contribution in [0.5, 0.6) is 5.75 Å². The monoisotopic (exact) mass is 860 g/mol. The maximum atomic E-state index is 12.2. The van der Waals surface area contributed by atoms with Crippen LogP contribution in [-0.2, 0) is 49.2 Å². The average molecular weight is 861 g/mol. The van der Waals surface area contributed by atoms with Crippen LogP contribution in [0, 0.1) is 11.4 Å². The largest absolute Gasteiger partial charge is 0.505 e. The van der Waals surface area contributed by atoms with E-state index in [-0.39, 0.29) is 50.1 Å². The Morgan fingerprint density at radius 3 is 2.33 bits per heavy atom. The van der Waals surface area contributed by atoms with Crippen LogP contribution in [0.3, 0.4) is 0 Å². The number of anilines is 2. The minimum atomic E-state index is -5.05. The van der Waals surface area contributed by atoms with Crippen molar-refractivity contribution in [2.45, 2.75) is 24.7 Å².